The Bertz CT molecular complexity index is 221. The van der Waals surface area contributed by atoms with E-state index < -0.39 is 0 Å². The summed E-state index contributed by atoms with van der Waals surface area (Å²) < 4.78 is 0. The highest BCUT2D eigenvalue weighted by molar-refractivity contribution is 5.86. The molecule has 1 aliphatic rings. The number of amides is 1. The van der Waals surface area contributed by atoms with Gasteiger partial charge in [-0.2, -0.15) is 0 Å². The molecule has 1 fully saturated rings. The molecule has 0 unspecified atom stereocenters. The first-order valence-electron chi connectivity index (χ1n) is 4.94. The van der Waals surface area contributed by atoms with E-state index in [-0.39, 0.29) is 5.91 Å². The van der Waals surface area contributed by atoms with Crippen LogP contribution in [0.1, 0.15) is 12.8 Å². The largest absolute Gasteiger partial charge is 0.359 e. The second kappa shape index (κ2) is 5.47. The van der Waals surface area contributed by atoms with Crippen molar-refractivity contribution in [2.75, 3.05) is 33.7 Å². The van der Waals surface area contributed by atoms with Gasteiger partial charge in [0.15, 0.2) is 5.96 Å². The molecule has 0 radical (unpaired) electrons. The predicted molar refractivity (Wildman–Crippen MR) is 56.2 cm³/mol. The summed E-state index contributed by atoms with van der Waals surface area (Å²) in [6, 6.07) is 0. The van der Waals surface area contributed by atoms with Gasteiger partial charge in [0.25, 0.3) is 0 Å². The zero-order chi connectivity index (χ0) is 10.4. The first kappa shape index (κ1) is 10.8. The molecule has 14 heavy (non-hydrogen) atoms. The number of carbonyl (C=O) groups is 1. The maximum atomic E-state index is 11.6. The number of likely N-dealkylation sites (tertiary alicyclic amines) is 1. The van der Waals surface area contributed by atoms with Crippen LogP contribution >= 0.6 is 0 Å². The van der Waals surface area contributed by atoms with Gasteiger partial charge in [0.1, 0.15) is 0 Å². The Morgan fingerprint density at radius 2 is 2.07 bits per heavy atom. The molecule has 1 amide bonds. The molecule has 0 atom stereocenters. The van der Waals surface area contributed by atoms with Crippen molar-refractivity contribution in [2.24, 2.45) is 4.99 Å². The van der Waals surface area contributed by atoms with Crippen molar-refractivity contribution < 1.29 is 4.79 Å². The van der Waals surface area contributed by atoms with Crippen LogP contribution in [0.15, 0.2) is 4.99 Å². The fraction of sp³-hybridized carbons (Fsp3) is 0.778. The number of carbonyl (C=O) groups excluding carboxylic acids is 1. The summed E-state index contributed by atoms with van der Waals surface area (Å²) in [7, 11) is 3.45. The molecule has 0 bridgehead atoms. The number of guanidine groups is 1. The van der Waals surface area contributed by atoms with Crippen molar-refractivity contribution in [3.63, 3.8) is 0 Å². The molecule has 1 rings (SSSR count). The van der Waals surface area contributed by atoms with Crippen LogP contribution < -0.4 is 10.6 Å². The lowest BCUT2D eigenvalue weighted by Gasteiger charge is -2.16. The van der Waals surface area contributed by atoms with Crippen LogP contribution in [0.2, 0.25) is 0 Å². The molecular formula is C9H18N4O. The van der Waals surface area contributed by atoms with Gasteiger partial charge in [0, 0.05) is 27.2 Å². The summed E-state index contributed by atoms with van der Waals surface area (Å²) in [4.78, 5) is 17.4. The summed E-state index contributed by atoms with van der Waals surface area (Å²) >= 11 is 0. The minimum Gasteiger partial charge on any atom is -0.359 e. The van der Waals surface area contributed by atoms with Crippen LogP contribution in [0.25, 0.3) is 0 Å². The van der Waals surface area contributed by atoms with Gasteiger partial charge in [-0.1, -0.05) is 0 Å². The maximum Gasteiger partial charge on any atom is 0.241 e. The molecule has 0 spiro atoms. The lowest BCUT2D eigenvalue weighted by Crippen LogP contribution is -2.42. The van der Waals surface area contributed by atoms with Crippen LogP contribution in [0.3, 0.4) is 0 Å². The second-order valence-electron chi connectivity index (χ2n) is 3.26. The topological polar surface area (TPSA) is 56.7 Å². The van der Waals surface area contributed by atoms with Crippen molar-refractivity contribution in [1.82, 2.24) is 15.5 Å². The summed E-state index contributed by atoms with van der Waals surface area (Å²) in [5, 5.41) is 5.81. The number of rotatable bonds is 2. The van der Waals surface area contributed by atoms with E-state index in [1.165, 1.54) is 0 Å². The summed E-state index contributed by atoms with van der Waals surface area (Å²) in [6.45, 7) is 2.13. The predicted octanol–water partition coefficient (Wildman–Crippen LogP) is -0.596. The second-order valence-corrected chi connectivity index (χ2v) is 3.26. The molecule has 5 heteroatoms. The van der Waals surface area contributed by atoms with Crippen LogP contribution in [-0.2, 0) is 4.79 Å². The Hall–Kier alpha value is -1.26. The Morgan fingerprint density at radius 3 is 2.57 bits per heavy atom. The zero-order valence-corrected chi connectivity index (χ0v) is 8.84. The van der Waals surface area contributed by atoms with Gasteiger partial charge in [-0.25, -0.2) is 0 Å². The number of hydrogen-bond donors (Lipinski definition) is 2. The fourth-order valence-electron chi connectivity index (χ4n) is 1.52. The van der Waals surface area contributed by atoms with Gasteiger partial charge in [0.05, 0.1) is 6.54 Å². The van der Waals surface area contributed by atoms with E-state index in [0.29, 0.717) is 12.5 Å². The fourth-order valence-corrected chi connectivity index (χ4v) is 1.52. The van der Waals surface area contributed by atoms with Gasteiger partial charge >= 0.3 is 0 Å². The van der Waals surface area contributed by atoms with Crippen LogP contribution in [-0.4, -0.2) is 50.5 Å². The monoisotopic (exact) mass is 198 g/mol. The molecule has 0 aromatic heterocycles. The van der Waals surface area contributed by atoms with E-state index in [2.05, 4.69) is 15.6 Å². The van der Waals surface area contributed by atoms with Gasteiger partial charge in [-0.3, -0.25) is 9.79 Å². The highest BCUT2D eigenvalue weighted by Gasteiger charge is 2.17. The molecule has 80 valence electrons. The summed E-state index contributed by atoms with van der Waals surface area (Å²) in [6.07, 6.45) is 2.26. The van der Waals surface area contributed by atoms with Crippen molar-refractivity contribution in [2.45, 2.75) is 12.8 Å². The average Bonchev–Trinajstić information content (AvgIpc) is 2.72. The van der Waals surface area contributed by atoms with Gasteiger partial charge in [-0.05, 0) is 12.8 Å². The molecule has 1 saturated heterocycles. The smallest absolute Gasteiger partial charge is 0.241 e. The van der Waals surface area contributed by atoms with Crippen molar-refractivity contribution in [3.05, 3.63) is 0 Å². The van der Waals surface area contributed by atoms with E-state index >= 15 is 0 Å². The third kappa shape index (κ3) is 2.90. The minimum absolute atomic E-state index is 0.152. The van der Waals surface area contributed by atoms with Crippen LogP contribution in [0, 0.1) is 0 Å². The summed E-state index contributed by atoms with van der Waals surface area (Å²) in [5.41, 5.74) is 0. The molecule has 0 aromatic rings. The Balaban J connectivity index is 2.26. The Labute approximate surface area is 84.6 Å². The van der Waals surface area contributed by atoms with E-state index in [4.69, 9.17) is 0 Å². The quantitative estimate of drug-likeness (QED) is 0.460. The molecular weight excluding hydrogens is 180 g/mol. The molecule has 5 nitrogen and oxygen atoms in total. The first-order valence-corrected chi connectivity index (χ1v) is 4.94. The van der Waals surface area contributed by atoms with Gasteiger partial charge < -0.3 is 15.5 Å². The molecule has 0 aliphatic carbocycles. The number of aliphatic imine (C=N–C) groups is 1. The zero-order valence-electron chi connectivity index (χ0n) is 8.84. The highest BCUT2D eigenvalue weighted by atomic mass is 16.2. The third-order valence-corrected chi connectivity index (χ3v) is 2.33. The first-order chi connectivity index (χ1) is 6.77. The summed E-state index contributed by atoms with van der Waals surface area (Å²) in [5.74, 6) is 0.802. The van der Waals surface area contributed by atoms with E-state index in [0.717, 1.165) is 25.9 Å². The lowest BCUT2D eigenvalue weighted by molar-refractivity contribution is -0.128. The van der Waals surface area contributed by atoms with Gasteiger partial charge in [0.2, 0.25) is 5.91 Å². The van der Waals surface area contributed by atoms with Crippen LogP contribution in [0.5, 0.6) is 0 Å². The Morgan fingerprint density at radius 1 is 1.43 bits per heavy atom. The highest BCUT2D eigenvalue weighted by Crippen LogP contribution is 2.06. The molecule has 1 heterocycles. The Kier molecular flexibility index (Phi) is 4.22. The lowest BCUT2D eigenvalue weighted by atomic mass is 10.4. The number of nitrogens with one attached hydrogen (secondary N) is 2. The standard InChI is InChI=1S/C9H18N4O/c1-10-9(11-2)12-7-8(14)13-5-3-4-6-13/h3-7H2,1-2H3,(H2,10,11,12). The van der Waals surface area contributed by atoms with E-state index in [9.17, 15) is 4.79 Å². The molecule has 2 N–H and O–H groups in total. The molecule has 0 aromatic carbocycles. The molecule has 0 saturated carbocycles. The van der Waals surface area contributed by atoms with E-state index in [1.807, 2.05) is 4.90 Å². The third-order valence-electron chi connectivity index (χ3n) is 2.33. The average molecular weight is 198 g/mol. The van der Waals surface area contributed by atoms with Gasteiger partial charge in [-0.15, -0.1) is 0 Å². The van der Waals surface area contributed by atoms with Crippen molar-refractivity contribution >= 4 is 11.9 Å². The number of hydrogen-bond acceptors (Lipinski definition) is 2. The van der Waals surface area contributed by atoms with E-state index in [1.54, 1.807) is 14.1 Å². The van der Waals surface area contributed by atoms with Crippen LogP contribution in [0.4, 0.5) is 0 Å². The van der Waals surface area contributed by atoms with Crippen molar-refractivity contribution in [1.29, 1.82) is 0 Å². The minimum atomic E-state index is 0.152. The normalized spacial score (nSPS) is 17.0. The SMILES string of the molecule is C/N=C(\NC)NCC(=O)N1CCCC1. The van der Waals surface area contributed by atoms with Crippen molar-refractivity contribution in [3.8, 4) is 0 Å². The molecule has 1 aliphatic heterocycles. The maximum absolute atomic E-state index is 11.6. The number of nitrogens with zero attached hydrogens (tertiary/aromatic N) is 2.